The molecule has 1 unspecified atom stereocenters. The predicted octanol–water partition coefficient (Wildman–Crippen LogP) is -1.32. The van der Waals surface area contributed by atoms with Crippen LogP contribution in [-0.2, 0) is 16.0 Å². The van der Waals surface area contributed by atoms with Gasteiger partial charge in [-0.25, -0.2) is 0 Å². The minimum absolute atomic E-state index is 0.0267. The maximum atomic E-state index is 12.5. The van der Waals surface area contributed by atoms with Crippen molar-refractivity contribution >= 4 is 35.1 Å². The Labute approximate surface area is 203 Å². The number of hydrogen-bond donors (Lipinski definition) is 6. The zero-order valence-corrected chi connectivity index (χ0v) is 19.1. The predicted molar refractivity (Wildman–Crippen MR) is 115 cm³/mol. The van der Waals surface area contributed by atoms with Crippen molar-refractivity contribution in [1.82, 2.24) is 20.2 Å². The van der Waals surface area contributed by atoms with Gasteiger partial charge in [0.15, 0.2) is 5.82 Å². The van der Waals surface area contributed by atoms with E-state index in [1.54, 1.807) is 18.2 Å². The smallest absolute Gasteiger partial charge is 0.308 e. The average molecular weight is 523 g/mol. The summed E-state index contributed by atoms with van der Waals surface area (Å²) in [6.45, 7) is -0.913. The number of ether oxygens (including phenoxy) is 1. The number of aromatic nitrogens is 4. The van der Waals surface area contributed by atoms with Crippen molar-refractivity contribution in [3.05, 3.63) is 39.6 Å². The summed E-state index contributed by atoms with van der Waals surface area (Å²) in [5.74, 6) is -1.37. The molecule has 0 bridgehead atoms. The third-order valence-corrected chi connectivity index (χ3v) is 5.47. The minimum Gasteiger partial charge on any atom is -0.433 e. The molecule has 5 atom stereocenters. The van der Waals surface area contributed by atoms with Crippen LogP contribution in [0.4, 0.5) is 0 Å². The van der Waals surface area contributed by atoms with E-state index in [-0.39, 0.29) is 31.5 Å². The average Bonchev–Trinajstić information content (AvgIpc) is 3.27. The molecule has 0 aliphatic heterocycles. The Morgan fingerprint density at radius 1 is 1.00 bits per heavy atom. The van der Waals surface area contributed by atoms with Crippen molar-refractivity contribution in [3.63, 3.8) is 0 Å². The highest BCUT2D eigenvalue weighted by atomic mass is 35.5. The van der Waals surface area contributed by atoms with Gasteiger partial charge in [0, 0.05) is 29.3 Å². The molecule has 15 heteroatoms. The largest absolute Gasteiger partial charge is 0.433 e. The molecule has 0 saturated heterocycles. The van der Waals surface area contributed by atoms with Crippen LogP contribution in [0.5, 0.6) is 0 Å². The summed E-state index contributed by atoms with van der Waals surface area (Å²) in [6, 6.07) is 4.92. The molecule has 0 saturated carbocycles. The lowest BCUT2D eigenvalue weighted by Gasteiger charge is -2.28. The molecule has 0 aliphatic carbocycles. The molecule has 0 aliphatic rings. The number of halogens is 2. The highest BCUT2D eigenvalue weighted by Gasteiger charge is 2.35. The summed E-state index contributed by atoms with van der Waals surface area (Å²) >= 11 is 12.3. The van der Waals surface area contributed by atoms with Crippen LogP contribution in [0.25, 0.3) is 0 Å². The number of benzene rings is 1. The van der Waals surface area contributed by atoms with Crippen molar-refractivity contribution in [2.75, 3.05) is 6.61 Å². The topological polar surface area (TPSA) is 208 Å². The van der Waals surface area contributed by atoms with Crippen LogP contribution in [0.1, 0.15) is 35.4 Å². The summed E-state index contributed by atoms with van der Waals surface area (Å²) in [4.78, 5) is 24.3. The molecular weight excluding hydrogens is 499 g/mol. The second-order valence-electron chi connectivity index (χ2n) is 7.23. The SMILES string of the molecule is O=C(CCCC(=O)n1nnnc1Cc1c(Cl)cccc1Cl)OC(O)[C@@H](O)[C@@H](O)[C@H](O)[C@H](O)CO. The van der Waals surface area contributed by atoms with Crippen molar-refractivity contribution in [2.24, 2.45) is 0 Å². The van der Waals surface area contributed by atoms with Crippen LogP contribution in [0.3, 0.4) is 0 Å². The summed E-state index contributed by atoms with van der Waals surface area (Å²) in [5, 5.41) is 68.4. The fourth-order valence-electron chi connectivity index (χ4n) is 2.83. The van der Waals surface area contributed by atoms with Gasteiger partial charge < -0.3 is 35.4 Å². The zero-order chi connectivity index (χ0) is 25.4. The second kappa shape index (κ2) is 13.0. The number of carbonyl (C=O) groups excluding carboxylic acids is 2. The van der Waals surface area contributed by atoms with Gasteiger partial charge in [-0.2, -0.15) is 4.68 Å². The van der Waals surface area contributed by atoms with E-state index in [0.717, 1.165) is 4.68 Å². The van der Waals surface area contributed by atoms with Crippen molar-refractivity contribution < 1.29 is 45.0 Å². The van der Waals surface area contributed by atoms with Gasteiger partial charge in [0.1, 0.15) is 24.4 Å². The standard InChI is InChI=1S/C19H24Cl2N4O9/c20-10-3-1-4-11(21)9(10)7-13-22-23-24-25(13)14(28)5-2-6-15(29)34-19(33)18(32)17(31)16(30)12(27)8-26/h1,3-4,12,16-19,26-27,30-33H,2,5-8H2/t12-,16-,17+,18+,19?/m1/s1. The van der Waals surface area contributed by atoms with Gasteiger partial charge in [-0.1, -0.05) is 29.3 Å². The molecular formula is C19H24Cl2N4O9. The number of rotatable bonds is 12. The number of carbonyl (C=O) groups is 2. The quantitative estimate of drug-likeness (QED) is 0.109. The maximum Gasteiger partial charge on any atom is 0.308 e. The lowest BCUT2D eigenvalue weighted by molar-refractivity contribution is -0.213. The highest BCUT2D eigenvalue weighted by molar-refractivity contribution is 6.36. The molecule has 0 radical (unpaired) electrons. The second-order valence-corrected chi connectivity index (χ2v) is 8.05. The van der Waals surface area contributed by atoms with Crippen molar-refractivity contribution in [1.29, 1.82) is 0 Å². The minimum atomic E-state index is -2.23. The molecule has 0 amide bonds. The fraction of sp³-hybridized carbons (Fsp3) is 0.526. The Morgan fingerprint density at radius 3 is 2.26 bits per heavy atom. The Bertz CT molecular complexity index is 957. The number of tetrazole rings is 1. The third-order valence-electron chi connectivity index (χ3n) is 4.76. The highest BCUT2D eigenvalue weighted by Crippen LogP contribution is 2.26. The van der Waals surface area contributed by atoms with Gasteiger partial charge in [-0.05, 0) is 34.5 Å². The van der Waals surface area contributed by atoms with E-state index < -0.39 is 49.2 Å². The van der Waals surface area contributed by atoms with Gasteiger partial charge in [-0.3, -0.25) is 9.59 Å². The molecule has 188 valence electrons. The summed E-state index contributed by atoms with van der Waals surface area (Å²) < 4.78 is 5.51. The molecule has 1 aromatic heterocycles. The Balaban J connectivity index is 1.85. The number of esters is 1. The van der Waals surface area contributed by atoms with E-state index in [1.165, 1.54) is 0 Å². The van der Waals surface area contributed by atoms with Gasteiger partial charge in [0.25, 0.3) is 0 Å². The van der Waals surface area contributed by atoms with E-state index >= 15 is 0 Å². The fourth-order valence-corrected chi connectivity index (χ4v) is 3.36. The first kappa shape index (κ1) is 28.0. The van der Waals surface area contributed by atoms with Crippen LogP contribution < -0.4 is 0 Å². The molecule has 1 aromatic carbocycles. The van der Waals surface area contributed by atoms with Gasteiger partial charge >= 0.3 is 5.97 Å². The van der Waals surface area contributed by atoms with Crippen LogP contribution >= 0.6 is 23.2 Å². The van der Waals surface area contributed by atoms with Gasteiger partial charge in [-0.15, -0.1) is 5.10 Å². The normalized spacial score (nSPS) is 15.9. The summed E-state index contributed by atoms with van der Waals surface area (Å²) in [7, 11) is 0. The molecule has 13 nitrogen and oxygen atoms in total. The number of hydrogen-bond acceptors (Lipinski definition) is 12. The molecule has 0 fully saturated rings. The molecule has 2 aromatic rings. The first-order valence-electron chi connectivity index (χ1n) is 10.0. The lowest BCUT2D eigenvalue weighted by atomic mass is 10.0. The molecule has 1 heterocycles. The lowest BCUT2D eigenvalue weighted by Crippen LogP contribution is -2.50. The molecule has 0 spiro atoms. The van der Waals surface area contributed by atoms with E-state index in [1.807, 2.05) is 0 Å². The Hall–Kier alpha value is -2.23. The van der Waals surface area contributed by atoms with Crippen LogP contribution in [-0.4, -0.2) is 100 Å². The maximum absolute atomic E-state index is 12.5. The van der Waals surface area contributed by atoms with Crippen LogP contribution in [0.15, 0.2) is 18.2 Å². The number of aliphatic hydroxyl groups is 6. The first-order chi connectivity index (χ1) is 16.1. The first-order valence-corrected chi connectivity index (χ1v) is 10.8. The number of nitrogens with zero attached hydrogens (tertiary/aromatic N) is 4. The summed E-state index contributed by atoms with van der Waals surface area (Å²) in [6.07, 6.45) is -10.8. The monoisotopic (exact) mass is 522 g/mol. The van der Waals surface area contributed by atoms with E-state index in [2.05, 4.69) is 20.3 Å². The Morgan fingerprint density at radius 2 is 1.65 bits per heavy atom. The molecule has 6 N–H and O–H groups in total. The third kappa shape index (κ3) is 7.38. The van der Waals surface area contributed by atoms with E-state index in [9.17, 15) is 35.1 Å². The van der Waals surface area contributed by atoms with Gasteiger partial charge in [0.2, 0.25) is 12.2 Å². The number of aliphatic hydroxyl groups excluding tert-OH is 6. The van der Waals surface area contributed by atoms with Crippen molar-refractivity contribution in [2.45, 2.75) is 56.4 Å². The van der Waals surface area contributed by atoms with Gasteiger partial charge in [0.05, 0.1) is 6.61 Å². The van der Waals surface area contributed by atoms with E-state index in [4.69, 9.17) is 28.3 Å². The Kier molecular flexibility index (Phi) is 10.7. The zero-order valence-electron chi connectivity index (χ0n) is 17.6. The molecule has 34 heavy (non-hydrogen) atoms. The van der Waals surface area contributed by atoms with E-state index in [0.29, 0.717) is 15.6 Å². The summed E-state index contributed by atoms with van der Waals surface area (Å²) in [5.41, 5.74) is 0.532. The van der Waals surface area contributed by atoms with Crippen LogP contribution in [0, 0.1) is 0 Å². The molecule has 2 rings (SSSR count). The van der Waals surface area contributed by atoms with Crippen LogP contribution in [0.2, 0.25) is 10.0 Å². The van der Waals surface area contributed by atoms with Crippen molar-refractivity contribution in [3.8, 4) is 0 Å².